The highest BCUT2D eigenvalue weighted by Gasteiger charge is 2.46. The van der Waals surface area contributed by atoms with E-state index >= 15 is 0 Å². The van der Waals surface area contributed by atoms with Crippen LogP contribution in [0.4, 0.5) is 5.69 Å². The number of nitrogens with zero attached hydrogens (tertiary/aromatic N) is 2. The standard InChI is InChI=1S/C16H19ClN2O5/c1-16(2,3)14(15(21)22)18-12(6-7-13(18)20)10-8-9(19(23)24)4-5-11(10)17/h4-5,8,12,14H,6-7H2,1-3H3,(H,21,22). The van der Waals surface area contributed by atoms with Gasteiger partial charge in [0.2, 0.25) is 5.91 Å². The summed E-state index contributed by atoms with van der Waals surface area (Å²) < 4.78 is 0. The number of carbonyl (C=O) groups excluding carboxylic acids is 1. The number of nitro groups is 1. The Labute approximate surface area is 144 Å². The Morgan fingerprint density at radius 2 is 2.08 bits per heavy atom. The van der Waals surface area contributed by atoms with E-state index in [9.17, 15) is 24.8 Å². The summed E-state index contributed by atoms with van der Waals surface area (Å²) in [5, 5.41) is 20.9. The first-order chi connectivity index (χ1) is 11.0. The number of hydrogen-bond acceptors (Lipinski definition) is 4. The maximum Gasteiger partial charge on any atom is 0.326 e. The Morgan fingerprint density at radius 1 is 1.46 bits per heavy atom. The van der Waals surface area contributed by atoms with E-state index in [2.05, 4.69) is 0 Å². The number of amides is 1. The highest BCUT2D eigenvalue weighted by molar-refractivity contribution is 6.31. The molecule has 1 aliphatic heterocycles. The number of likely N-dealkylation sites (tertiary alicyclic amines) is 1. The molecule has 2 atom stereocenters. The summed E-state index contributed by atoms with van der Waals surface area (Å²) >= 11 is 6.18. The van der Waals surface area contributed by atoms with E-state index in [1.54, 1.807) is 20.8 Å². The van der Waals surface area contributed by atoms with E-state index in [-0.39, 0.29) is 23.0 Å². The topological polar surface area (TPSA) is 101 Å². The third kappa shape index (κ3) is 3.36. The molecule has 1 N–H and O–H groups in total. The number of hydrogen-bond donors (Lipinski definition) is 1. The van der Waals surface area contributed by atoms with E-state index in [1.807, 2.05) is 0 Å². The molecular weight excluding hydrogens is 336 g/mol. The smallest absolute Gasteiger partial charge is 0.326 e. The molecule has 7 nitrogen and oxygen atoms in total. The first-order valence-electron chi connectivity index (χ1n) is 7.52. The Hall–Kier alpha value is -2.15. The minimum Gasteiger partial charge on any atom is -0.480 e. The summed E-state index contributed by atoms with van der Waals surface area (Å²) in [4.78, 5) is 35.9. The molecule has 0 saturated carbocycles. The van der Waals surface area contributed by atoms with Gasteiger partial charge in [-0.05, 0) is 17.9 Å². The summed E-state index contributed by atoms with van der Waals surface area (Å²) in [7, 11) is 0. The molecule has 1 amide bonds. The van der Waals surface area contributed by atoms with Crippen molar-refractivity contribution in [3.63, 3.8) is 0 Å². The molecule has 0 radical (unpaired) electrons. The molecular formula is C16H19ClN2O5. The highest BCUT2D eigenvalue weighted by Crippen LogP contribution is 2.42. The predicted molar refractivity (Wildman–Crippen MR) is 87.8 cm³/mol. The lowest BCUT2D eigenvalue weighted by atomic mass is 9.84. The van der Waals surface area contributed by atoms with Crippen molar-refractivity contribution >= 4 is 29.2 Å². The van der Waals surface area contributed by atoms with Gasteiger partial charge in [0.15, 0.2) is 0 Å². The lowest BCUT2D eigenvalue weighted by Gasteiger charge is -2.38. The molecule has 0 aromatic heterocycles. The number of carboxylic acids is 1. The van der Waals surface area contributed by atoms with Crippen LogP contribution in [0.2, 0.25) is 5.02 Å². The normalized spacial score (nSPS) is 19.4. The highest BCUT2D eigenvalue weighted by atomic mass is 35.5. The first-order valence-corrected chi connectivity index (χ1v) is 7.89. The monoisotopic (exact) mass is 354 g/mol. The van der Waals surface area contributed by atoms with Gasteiger partial charge in [0.05, 0.1) is 11.0 Å². The zero-order valence-electron chi connectivity index (χ0n) is 13.7. The number of carboxylic acid groups (broad SMARTS) is 1. The van der Waals surface area contributed by atoms with Gasteiger partial charge in [-0.1, -0.05) is 32.4 Å². The molecule has 0 spiro atoms. The lowest BCUT2D eigenvalue weighted by molar-refractivity contribution is -0.384. The largest absolute Gasteiger partial charge is 0.480 e. The van der Waals surface area contributed by atoms with Crippen LogP contribution in [0.3, 0.4) is 0 Å². The predicted octanol–water partition coefficient (Wildman–Crippen LogP) is 3.41. The van der Waals surface area contributed by atoms with Crippen LogP contribution in [-0.2, 0) is 9.59 Å². The second-order valence-electron chi connectivity index (χ2n) is 6.93. The number of nitro benzene ring substituents is 1. The lowest BCUT2D eigenvalue weighted by Crippen LogP contribution is -2.50. The maximum absolute atomic E-state index is 12.4. The maximum atomic E-state index is 12.4. The van der Waals surface area contributed by atoms with Crippen LogP contribution in [0.5, 0.6) is 0 Å². The minimum absolute atomic E-state index is 0.142. The summed E-state index contributed by atoms with van der Waals surface area (Å²) in [6, 6.07) is 2.37. The molecule has 0 bridgehead atoms. The molecule has 1 aliphatic rings. The average Bonchev–Trinajstić information content (AvgIpc) is 2.79. The van der Waals surface area contributed by atoms with Gasteiger partial charge in [0.25, 0.3) is 5.69 Å². The van der Waals surface area contributed by atoms with Crippen LogP contribution in [0.1, 0.15) is 45.2 Å². The summed E-state index contributed by atoms with van der Waals surface area (Å²) in [6.07, 6.45) is 0.559. The van der Waals surface area contributed by atoms with Crippen molar-refractivity contribution < 1.29 is 19.6 Å². The molecule has 1 aromatic rings. The fourth-order valence-corrected chi connectivity index (χ4v) is 3.38. The van der Waals surface area contributed by atoms with Crippen LogP contribution in [0, 0.1) is 15.5 Å². The molecule has 1 aromatic carbocycles. The molecule has 1 heterocycles. The molecule has 1 fully saturated rings. The second-order valence-corrected chi connectivity index (χ2v) is 7.33. The molecule has 130 valence electrons. The number of rotatable bonds is 4. The van der Waals surface area contributed by atoms with Gasteiger partial charge < -0.3 is 10.0 Å². The minimum atomic E-state index is -1.11. The van der Waals surface area contributed by atoms with Crippen molar-refractivity contribution in [1.82, 2.24) is 4.90 Å². The van der Waals surface area contributed by atoms with Gasteiger partial charge >= 0.3 is 5.97 Å². The number of non-ortho nitro benzene ring substituents is 1. The van der Waals surface area contributed by atoms with Gasteiger partial charge in [-0.2, -0.15) is 0 Å². The van der Waals surface area contributed by atoms with Crippen molar-refractivity contribution in [2.75, 3.05) is 0 Å². The van der Waals surface area contributed by atoms with E-state index < -0.39 is 28.4 Å². The van der Waals surface area contributed by atoms with E-state index in [0.717, 1.165) is 0 Å². The van der Waals surface area contributed by atoms with Crippen LogP contribution < -0.4 is 0 Å². The summed E-state index contributed by atoms with van der Waals surface area (Å²) in [5.41, 5.74) is -0.430. The van der Waals surface area contributed by atoms with Crippen LogP contribution in [0.25, 0.3) is 0 Å². The zero-order chi connectivity index (χ0) is 18.2. The number of carbonyl (C=O) groups is 2. The molecule has 1 saturated heterocycles. The Balaban J connectivity index is 2.53. The molecule has 0 aliphatic carbocycles. The van der Waals surface area contributed by atoms with Crippen LogP contribution >= 0.6 is 11.6 Å². The molecule has 24 heavy (non-hydrogen) atoms. The number of halogens is 1. The Morgan fingerprint density at radius 3 is 2.58 bits per heavy atom. The van der Waals surface area contributed by atoms with E-state index in [1.165, 1.54) is 23.1 Å². The van der Waals surface area contributed by atoms with Crippen molar-refractivity contribution in [1.29, 1.82) is 0 Å². The van der Waals surface area contributed by atoms with Crippen molar-refractivity contribution in [2.24, 2.45) is 5.41 Å². The van der Waals surface area contributed by atoms with Gasteiger partial charge in [0.1, 0.15) is 6.04 Å². The zero-order valence-corrected chi connectivity index (χ0v) is 14.4. The third-order valence-electron chi connectivity index (χ3n) is 4.14. The van der Waals surface area contributed by atoms with Crippen LogP contribution in [-0.4, -0.2) is 32.8 Å². The average molecular weight is 355 g/mol. The van der Waals surface area contributed by atoms with Crippen molar-refractivity contribution in [3.8, 4) is 0 Å². The van der Waals surface area contributed by atoms with Gasteiger partial charge in [-0.3, -0.25) is 14.9 Å². The van der Waals surface area contributed by atoms with E-state index in [0.29, 0.717) is 12.0 Å². The van der Waals surface area contributed by atoms with Gasteiger partial charge in [-0.15, -0.1) is 0 Å². The molecule has 8 heteroatoms. The van der Waals surface area contributed by atoms with Crippen molar-refractivity contribution in [2.45, 2.75) is 45.7 Å². The number of aliphatic carboxylic acids is 1. The van der Waals surface area contributed by atoms with Crippen LogP contribution in [0.15, 0.2) is 18.2 Å². The second kappa shape index (κ2) is 6.39. The Bertz CT molecular complexity index is 698. The quantitative estimate of drug-likeness (QED) is 0.659. The molecule has 2 rings (SSSR count). The summed E-state index contributed by atoms with van der Waals surface area (Å²) in [6.45, 7) is 5.22. The Kier molecular flexibility index (Phi) is 4.85. The van der Waals surface area contributed by atoms with Gasteiger partial charge in [0, 0.05) is 29.1 Å². The SMILES string of the molecule is CC(C)(C)C(C(=O)O)N1C(=O)CCC1c1cc([N+](=O)[O-])ccc1Cl. The van der Waals surface area contributed by atoms with E-state index in [4.69, 9.17) is 11.6 Å². The first kappa shape index (κ1) is 18.2. The summed E-state index contributed by atoms with van der Waals surface area (Å²) in [5.74, 6) is -1.39. The third-order valence-corrected chi connectivity index (χ3v) is 4.48. The number of benzene rings is 1. The fraction of sp³-hybridized carbons (Fsp3) is 0.500. The fourth-order valence-electron chi connectivity index (χ4n) is 3.14. The van der Waals surface area contributed by atoms with Crippen molar-refractivity contribution in [3.05, 3.63) is 38.9 Å². The van der Waals surface area contributed by atoms with Gasteiger partial charge in [-0.25, -0.2) is 4.79 Å². The molecule has 2 unspecified atom stereocenters.